The van der Waals surface area contributed by atoms with Gasteiger partial charge in [0, 0.05) is 6.54 Å². The number of hydrogen-bond donors (Lipinski definition) is 1. The normalized spacial score (nSPS) is 11.9. The zero-order chi connectivity index (χ0) is 12.6. The van der Waals surface area contributed by atoms with E-state index in [0.29, 0.717) is 19.8 Å². The quantitative estimate of drug-likeness (QED) is 0.709. The molecule has 0 radical (unpaired) electrons. The second-order valence-corrected chi connectivity index (χ2v) is 4.83. The Morgan fingerprint density at radius 2 is 2.06 bits per heavy atom. The molecule has 0 aromatic carbocycles. The van der Waals surface area contributed by atoms with Crippen molar-refractivity contribution >= 4 is 0 Å². The van der Waals surface area contributed by atoms with E-state index >= 15 is 0 Å². The van der Waals surface area contributed by atoms with Gasteiger partial charge in [-0.05, 0) is 32.9 Å². The lowest BCUT2D eigenvalue weighted by molar-refractivity contribution is -0.0343. The van der Waals surface area contributed by atoms with Crippen LogP contribution in [0.15, 0.2) is 22.8 Å². The third-order valence-corrected chi connectivity index (χ3v) is 2.07. The molecule has 0 saturated carbocycles. The summed E-state index contributed by atoms with van der Waals surface area (Å²) >= 11 is 0. The fourth-order valence-corrected chi connectivity index (χ4v) is 1.28. The van der Waals surface area contributed by atoms with Crippen molar-refractivity contribution in [2.24, 2.45) is 0 Å². The number of rotatable bonds is 8. The van der Waals surface area contributed by atoms with E-state index in [-0.39, 0.29) is 5.60 Å². The van der Waals surface area contributed by atoms with Crippen molar-refractivity contribution < 1.29 is 13.9 Å². The Balaban J connectivity index is 1.85. The van der Waals surface area contributed by atoms with Gasteiger partial charge in [-0.25, -0.2) is 0 Å². The molecule has 17 heavy (non-hydrogen) atoms. The molecule has 1 aromatic heterocycles. The molecule has 1 heterocycles. The summed E-state index contributed by atoms with van der Waals surface area (Å²) in [6, 6.07) is 3.84. The number of furan rings is 1. The van der Waals surface area contributed by atoms with Crippen molar-refractivity contribution in [1.82, 2.24) is 5.32 Å². The van der Waals surface area contributed by atoms with Gasteiger partial charge in [-0.3, -0.25) is 0 Å². The average Bonchev–Trinajstić information content (AvgIpc) is 2.73. The third-order valence-electron chi connectivity index (χ3n) is 2.07. The standard InChI is InChI=1S/C13H23NO3/c1-13(2,3)17-10-9-15-8-6-14-11-12-5-4-7-16-12/h4-5,7,14H,6,8-11H2,1-3H3. The van der Waals surface area contributed by atoms with E-state index in [4.69, 9.17) is 13.9 Å². The SMILES string of the molecule is CC(C)(C)OCCOCCNCc1ccco1. The monoisotopic (exact) mass is 241 g/mol. The van der Waals surface area contributed by atoms with Gasteiger partial charge in [0.15, 0.2) is 0 Å². The van der Waals surface area contributed by atoms with Gasteiger partial charge in [0.1, 0.15) is 5.76 Å². The lowest BCUT2D eigenvalue weighted by Gasteiger charge is -2.19. The molecule has 4 heteroatoms. The van der Waals surface area contributed by atoms with Gasteiger partial charge in [-0.1, -0.05) is 0 Å². The Labute approximate surface area is 103 Å². The van der Waals surface area contributed by atoms with Crippen LogP contribution in [-0.4, -0.2) is 32.0 Å². The molecule has 0 bridgehead atoms. The Morgan fingerprint density at radius 3 is 2.71 bits per heavy atom. The Hall–Kier alpha value is -0.840. The molecule has 4 nitrogen and oxygen atoms in total. The molecule has 98 valence electrons. The van der Waals surface area contributed by atoms with Crippen LogP contribution in [-0.2, 0) is 16.0 Å². The average molecular weight is 241 g/mol. The first kappa shape index (κ1) is 14.2. The number of nitrogens with one attached hydrogen (secondary N) is 1. The largest absolute Gasteiger partial charge is 0.468 e. The van der Waals surface area contributed by atoms with Gasteiger partial charge in [0.05, 0.1) is 38.2 Å². The smallest absolute Gasteiger partial charge is 0.117 e. The summed E-state index contributed by atoms with van der Waals surface area (Å²) in [5.41, 5.74) is -0.0824. The lowest BCUT2D eigenvalue weighted by atomic mass is 10.2. The van der Waals surface area contributed by atoms with Crippen LogP contribution in [0.3, 0.4) is 0 Å². The van der Waals surface area contributed by atoms with Gasteiger partial charge >= 0.3 is 0 Å². The predicted octanol–water partition coefficient (Wildman–Crippen LogP) is 2.20. The molecular weight excluding hydrogens is 218 g/mol. The second kappa shape index (κ2) is 7.48. The molecule has 1 rings (SSSR count). The van der Waals surface area contributed by atoms with Gasteiger partial charge in [0.25, 0.3) is 0 Å². The number of hydrogen-bond acceptors (Lipinski definition) is 4. The first-order valence-electron chi connectivity index (χ1n) is 6.03. The van der Waals surface area contributed by atoms with E-state index in [1.54, 1.807) is 6.26 Å². The molecule has 0 spiro atoms. The van der Waals surface area contributed by atoms with Crippen LogP contribution in [0.1, 0.15) is 26.5 Å². The highest BCUT2D eigenvalue weighted by Gasteiger charge is 2.08. The molecule has 0 aliphatic rings. The van der Waals surface area contributed by atoms with Crippen LogP contribution >= 0.6 is 0 Å². The minimum absolute atomic E-state index is 0.0824. The van der Waals surface area contributed by atoms with Crippen molar-refractivity contribution in [3.63, 3.8) is 0 Å². The van der Waals surface area contributed by atoms with Gasteiger partial charge in [-0.2, -0.15) is 0 Å². The maximum absolute atomic E-state index is 5.53. The van der Waals surface area contributed by atoms with Crippen molar-refractivity contribution in [2.75, 3.05) is 26.4 Å². The minimum atomic E-state index is -0.0824. The maximum atomic E-state index is 5.53. The zero-order valence-corrected chi connectivity index (χ0v) is 11.0. The molecule has 0 amide bonds. The van der Waals surface area contributed by atoms with Crippen LogP contribution in [0.25, 0.3) is 0 Å². The summed E-state index contributed by atoms with van der Waals surface area (Å²) in [5.74, 6) is 0.945. The predicted molar refractivity (Wildman–Crippen MR) is 66.9 cm³/mol. The van der Waals surface area contributed by atoms with E-state index in [1.807, 2.05) is 32.9 Å². The molecule has 0 atom stereocenters. The molecule has 0 fully saturated rings. The maximum Gasteiger partial charge on any atom is 0.117 e. The number of ether oxygens (including phenoxy) is 2. The summed E-state index contributed by atoms with van der Waals surface area (Å²) in [7, 11) is 0. The molecule has 0 unspecified atom stereocenters. The zero-order valence-electron chi connectivity index (χ0n) is 11.0. The van der Waals surface area contributed by atoms with Crippen LogP contribution in [0, 0.1) is 0 Å². The summed E-state index contributed by atoms with van der Waals surface area (Å²) in [6.45, 7) is 9.65. The summed E-state index contributed by atoms with van der Waals surface area (Å²) < 4.78 is 16.2. The topological polar surface area (TPSA) is 43.6 Å². The van der Waals surface area contributed by atoms with Gasteiger partial charge in [0.2, 0.25) is 0 Å². The van der Waals surface area contributed by atoms with Gasteiger partial charge < -0.3 is 19.2 Å². The Morgan fingerprint density at radius 1 is 1.24 bits per heavy atom. The second-order valence-electron chi connectivity index (χ2n) is 4.83. The lowest BCUT2D eigenvalue weighted by Crippen LogP contribution is -2.23. The highest BCUT2D eigenvalue weighted by molar-refractivity contribution is 4.97. The minimum Gasteiger partial charge on any atom is -0.468 e. The van der Waals surface area contributed by atoms with E-state index < -0.39 is 0 Å². The van der Waals surface area contributed by atoms with Crippen molar-refractivity contribution in [1.29, 1.82) is 0 Å². The Kier molecular flexibility index (Phi) is 6.26. The summed E-state index contributed by atoms with van der Waals surface area (Å²) in [4.78, 5) is 0. The van der Waals surface area contributed by atoms with Crippen molar-refractivity contribution in [3.8, 4) is 0 Å². The first-order chi connectivity index (χ1) is 8.08. The van der Waals surface area contributed by atoms with E-state index in [2.05, 4.69) is 5.32 Å². The van der Waals surface area contributed by atoms with Crippen LogP contribution in [0.4, 0.5) is 0 Å². The molecule has 0 saturated heterocycles. The first-order valence-corrected chi connectivity index (χ1v) is 6.03. The third kappa shape index (κ3) is 7.96. The molecule has 1 N–H and O–H groups in total. The van der Waals surface area contributed by atoms with E-state index in [0.717, 1.165) is 18.8 Å². The fraction of sp³-hybridized carbons (Fsp3) is 0.692. The molecule has 1 aromatic rings. The van der Waals surface area contributed by atoms with Crippen molar-refractivity contribution in [2.45, 2.75) is 32.9 Å². The molecule has 0 aliphatic carbocycles. The van der Waals surface area contributed by atoms with Crippen LogP contribution in [0.2, 0.25) is 0 Å². The van der Waals surface area contributed by atoms with E-state index in [1.165, 1.54) is 0 Å². The van der Waals surface area contributed by atoms with Gasteiger partial charge in [-0.15, -0.1) is 0 Å². The highest BCUT2D eigenvalue weighted by Crippen LogP contribution is 2.05. The highest BCUT2D eigenvalue weighted by atomic mass is 16.5. The summed E-state index contributed by atoms with van der Waals surface area (Å²) in [6.07, 6.45) is 1.68. The fourth-order valence-electron chi connectivity index (χ4n) is 1.28. The molecule has 0 aliphatic heterocycles. The molecular formula is C13H23NO3. The van der Waals surface area contributed by atoms with Crippen LogP contribution in [0.5, 0.6) is 0 Å². The van der Waals surface area contributed by atoms with Crippen molar-refractivity contribution in [3.05, 3.63) is 24.2 Å². The Bertz CT molecular complexity index is 277. The van der Waals surface area contributed by atoms with E-state index in [9.17, 15) is 0 Å². The van der Waals surface area contributed by atoms with Crippen LogP contribution < -0.4 is 5.32 Å². The summed E-state index contributed by atoms with van der Waals surface area (Å²) in [5, 5.41) is 3.24.